The van der Waals surface area contributed by atoms with E-state index in [1.54, 1.807) is 22.9 Å². The Balaban J connectivity index is 1.36. The minimum absolute atomic E-state index is 0.0278. The van der Waals surface area contributed by atoms with Crippen LogP contribution in [0.4, 0.5) is 11.5 Å². The van der Waals surface area contributed by atoms with Crippen LogP contribution >= 0.6 is 0 Å². The first kappa shape index (κ1) is 26.2. The van der Waals surface area contributed by atoms with Crippen LogP contribution in [-0.4, -0.2) is 81.8 Å². The Morgan fingerprint density at radius 3 is 2.75 bits per heavy atom. The zero-order valence-electron chi connectivity index (χ0n) is 23.2. The van der Waals surface area contributed by atoms with Crippen molar-refractivity contribution in [3.05, 3.63) is 42.0 Å². The summed E-state index contributed by atoms with van der Waals surface area (Å²) >= 11 is 0. The SMILES string of the molecule is COc1nc(NC(=O)c2ccc(N3C[C@@H](C)N[C@@H](C)C3)c3cnc(OC[C@H]4CCCO4)nc23)cn2cc(C)nc12. The minimum Gasteiger partial charge on any atom is -0.478 e. The lowest BCUT2D eigenvalue weighted by Crippen LogP contribution is -2.54. The average molecular weight is 547 g/mol. The summed E-state index contributed by atoms with van der Waals surface area (Å²) in [5.41, 5.74) is 3.27. The smallest absolute Gasteiger partial charge is 0.317 e. The number of aryl methyl sites for hydroxylation is 1. The van der Waals surface area contributed by atoms with Crippen LogP contribution in [0.25, 0.3) is 16.6 Å². The Bertz CT molecular complexity index is 1540. The molecule has 4 aromatic rings. The number of nitrogens with one attached hydrogen (secondary N) is 2. The molecule has 6 rings (SSSR count). The highest BCUT2D eigenvalue weighted by atomic mass is 16.5. The van der Waals surface area contributed by atoms with Crippen LogP contribution in [0.1, 0.15) is 42.7 Å². The molecule has 3 aromatic heterocycles. The molecule has 0 unspecified atom stereocenters. The van der Waals surface area contributed by atoms with Crippen molar-refractivity contribution in [1.29, 1.82) is 0 Å². The number of ether oxygens (including phenoxy) is 3. The van der Waals surface area contributed by atoms with E-state index in [4.69, 9.17) is 19.2 Å². The van der Waals surface area contributed by atoms with Gasteiger partial charge < -0.3 is 29.7 Å². The second-order valence-corrected chi connectivity index (χ2v) is 10.6. The molecule has 12 heteroatoms. The van der Waals surface area contributed by atoms with Crippen molar-refractivity contribution in [1.82, 2.24) is 29.7 Å². The zero-order chi connectivity index (χ0) is 27.8. The number of carbonyl (C=O) groups is 1. The highest BCUT2D eigenvalue weighted by Gasteiger charge is 2.25. The summed E-state index contributed by atoms with van der Waals surface area (Å²) in [7, 11) is 1.52. The molecule has 40 heavy (non-hydrogen) atoms. The lowest BCUT2D eigenvalue weighted by Gasteiger charge is -2.38. The Hall–Kier alpha value is -4.03. The van der Waals surface area contributed by atoms with Gasteiger partial charge in [0.25, 0.3) is 11.8 Å². The van der Waals surface area contributed by atoms with Crippen LogP contribution in [0.2, 0.25) is 0 Å². The summed E-state index contributed by atoms with van der Waals surface area (Å²) in [4.78, 5) is 34.1. The first-order chi connectivity index (χ1) is 19.4. The fraction of sp³-hybridized carbons (Fsp3) is 0.464. The van der Waals surface area contributed by atoms with Gasteiger partial charge in [0.1, 0.15) is 6.61 Å². The number of anilines is 2. The van der Waals surface area contributed by atoms with Crippen molar-refractivity contribution >= 4 is 34.0 Å². The Kier molecular flexibility index (Phi) is 7.11. The third-order valence-electron chi connectivity index (χ3n) is 7.23. The molecule has 1 aromatic carbocycles. The summed E-state index contributed by atoms with van der Waals surface area (Å²) in [5.74, 6) is 0.297. The summed E-state index contributed by atoms with van der Waals surface area (Å²) in [6, 6.07) is 4.62. The van der Waals surface area contributed by atoms with E-state index >= 15 is 0 Å². The van der Waals surface area contributed by atoms with E-state index in [0.717, 1.165) is 49.3 Å². The van der Waals surface area contributed by atoms with Crippen molar-refractivity contribution in [3.63, 3.8) is 0 Å². The largest absolute Gasteiger partial charge is 0.478 e. The van der Waals surface area contributed by atoms with Crippen LogP contribution in [0, 0.1) is 6.92 Å². The molecule has 2 saturated heterocycles. The number of fused-ring (bicyclic) bond motifs is 2. The van der Waals surface area contributed by atoms with Crippen LogP contribution in [0.5, 0.6) is 11.9 Å². The molecular weight excluding hydrogens is 512 g/mol. The predicted octanol–water partition coefficient (Wildman–Crippen LogP) is 2.99. The van der Waals surface area contributed by atoms with Crippen molar-refractivity contribution in [2.45, 2.75) is 51.8 Å². The van der Waals surface area contributed by atoms with E-state index in [0.29, 0.717) is 47.1 Å². The number of piperazine rings is 1. The lowest BCUT2D eigenvalue weighted by molar-refractivity contribution is 0.0646. The maximum atomic E-state index is 13.7. The molecule has 1 amide bonds. The molecule has 0 aliphatic carbocycles. The van der Waals surface area contributed by atoms with Crippen molar-refractivity contribution in [3.8, 4) is 11.9 Å². The fourth-order valence-electron chi connectivity index (χ4n) is 5.56. The first-order valence-electron chi connectivity index (χ1n) is 13.6. The van der Waals surface area contributed by atoms with Gasteiger partial charge in [-0.3, -0.25) is 9.20 Å². The topological polar surface area (TPSA) is 128 Å². The van der Waals surface area contributed by atoms with Crippen LogP contribution in [0.3, 0.4) is 0 Å². The summed E-state index contributed by atoms with van der Waals surface area (Å²) in [6.07, 6.45) is 7.30. The number of nitrogens with zero attached hydrogens (tertiary/aromatic N) is 6. The van der Waals surface area contributed by atoms with Gasteiger partial charge in [0, 0.05) is 55.2 Å². The number of amides is 1. The van der Waals surface area contributed by atoms with E-state index in [1.807, 2.05) is 19.2 Å². The molecule has 3 atom stereocenters. The maximum absolute atomic E-state index is 13.7. The van der Waals surface area contributed by atoms with Crippen LogP contribution in [0.15, 0.2) is 30.7 Å². The van der Waals surface area contributed by atoms with Crippen LogP contribution < -0.4 is 25.0 Å². The zero-order valence-corrected chi connectivity index (χ0v) is 23.2. The highest BCUT2D eigenvalue weighted by molar-refractivity contribution is 6.13. The summed E-state index contributed by atoms with van der Waals surface area (Å²) < 4.78 is 18.8. The Morgan fingerprint density at radius 2 is 2.00 bits per heavy atom. The van der Waals surface area contributed by atoms with Gasteiger partial charge in [-0.1, -0.05) is 0 Å². The molecule has 2 N–H and O–H groups in total. The van der Waals surface area contributed by atoms with E-state index in [1.165, 1.54) is 7.11 Å². The van der Waals surface area contributed by atoms with Gasteiger partial charge in [-0.15, -0.1) is 0 Å². The van der Waals surface area contributed by atoms with E-state index < -0.39 is 0 Å². The number of hydrogen-bond donors (Lipinski definition) is 2. The van der Waals surface area contributed by atoms with E-state index in [9.17, 15) is 4.79 Å². The summed E-state index contributed by atoms with van der Waals surface area (Å²) in [5, 5.41) is 7.26. The molecule has 210 valence electrons. The number of carbonyl (C=O) groups excluding carboxylic acids is 1. The third kappa shape index (κ3) is 5.24. The van der Waals surface area contributed by atoms with Gasteiger partial charge >= 0.3 is 6.01 Å². The number of imidazole rings is 1. The Morgan fingerprint density at radius 1 is 1.18 bits per heavy atom. The van der Waals surface area contributed by atoms with E-state index in [2.05, 4.69) is 44.3 Å². The highest BCUT2D eigenvalue weighted by Crippen LogP contribution is 2.31. The normalized spacial score (nSPS) is 21.2. The van der Waals surface area contributed by atoms with E-state index in [-0.39, 0.29) is 18.0 Å². The lowest BCUT2D eigenvalue weighted by atomic mass is 10.0. The molecule has 2 aliphatic heterocycles. The number of rotatable bonds is 7. The molecule has 0 spiro atoms. The predicted molar refractivity (Wildman–Crippen MR) is 151 cm³/mol. The number of benzene rings is 1. The molecule has 0 saturated carbocycles. The summed E-state index contributed by atoms with van der Waals surface area (Å²) in [6.45, 7) is 8.99. The quantitative estimate of drug-likeness (QED) is 0.357. The Labute approximate surface area is 232 Å². The molecular formula is C28H34N8O4. The minimum atomic E-state index is -0.354. The van der Waals surface area contributed by atoms with Crippen molar-refractivity contribution < 1.29 is 19.0 Å². The van der Waals surface area contributed by atoms with Crippen LogP contribution in [-0.2, 0) is 4.74 Å². The molecule has 5 heterocycles. The second-order valence-electron chi connectivity index (χ2n) is 10.6. The fourth-order valence-corrected chi connectivity index (χ4v) is 5.56. The van der Waals surface area contributed by atoms with Gasteiger partial charge in [-0.25, -0.2) is 9.97 Å². The molecule has 2 fully saturated rings. The van der Waals surface area contributed by atoms with Gasteiger partial charge in [0.15, 0.2) is 5.82 Å². The molecule has 12 nitrogen and oxygen atoms in total. The monoisotopic (exact) mass is 546 g/mol. The number of aromatic nitrogens is 5. The van der Waals surface area contributed by atoms with Gasteiger partial charge in [-0.2, -0.15) is 9.97 Å². The first-order valence-corrected chi connectivity index (χ1v) is 13.6. The van der Waals surface area contributed by atoms with Gasteiger partial charge in [-0.05, 0) is 45.7 Å². The molecule has 0 radical (unpaired) electrons. The van der Waals surface area contributed by atoms with Crippen molar-refractivity contribution in [2.75, 3.05) is 43.6 Å². The standard InChI is InChI=1S/C28H34N8O4/c1-16-11-35(12-17(2)30-16)22-8-7-20(24-21(22)10-29-28(34-24)40-15-19-6-5-9-39-19)26(37)32-23-14-36-13-18(3)31-25(36)27(33-23)38-4/h7-8,10,13-14,16-17,19,30H,5-6,9,11-12,15H2,1-4H3,(H,32,37)/t16-,17+,19-/m1/s1. The average Bonchev–Trinajstić information content (AvgIpc) is 3.59. The number of methoxy groups -OCH3 is 1. The van der Waals surface area contributed by atoms with Crippen molar-refractivity contribution in [2.24, 2.45) is 0 Å². The second kappa shape index (κ2) is 10.9. The maximum Gasteiger partial charge on any atom is 0.317 e. The third-order valence-corrected chi connectivity index (χ3v) is 7.23. The van der Waals surface area contributed by atoms with Gasteiger partial charge in [0.05, 0.1) is 36.2 Å². The van der Waals surface area contributed by atoms with Gasteiger partial charge in [0.2, 0.25) is 5.65 Å². The molecule has 0 bridgehead atoms. The molecule has 2 aliphatic rings. The number of hydrogen-bond acceptors (Lipinski definition) is 10.